The van der Waals surface area contributed by atoms with Crippen molar-refractivity contribution in [2.45, 2.75) is 24.2 Å². The molecule has 0 amide bonds. The SMILES string of the molecule is COc1cc(O)c(-c2cc3ccccc3s2)cc1Oc1ccc(SOCCN2CCCCC2)cc1. The summed E-state index contributed by atoms with van der Waals surface area (Å²) < 4.78 is 18.6. The highest BCUT2D eigenvalue weighted by Crippen LogP contribution is 2.44. The van der Waals surface area contributed by atoms with E-state index in [1.54, 1.807) is 24.5 Å². The lowest BCUT2D eigenvalue weighted by molar-refractivity contribution is 0.194. The Bertz CT molecular complexity index is 1230. The molecule has 1 aliphatic rings. The molecule has 5 nitrogen and oxygen atoms in total. The minimum Gasteiger partial charge on any atom is -0.507 e. The second kappa shape index (κ2) is 11.4. The number of hydrogen-bond acceptors (Lipinski definition) is 7. The number of piperidine rings is 1. The number of fused-ring (bicyclic) bond motifs is 1. The highest BCUT2D eigenvalue weighted by molar-refractivity contribution is 7.94. The molecule has 0 radical (unpaired) electrons. The number of phenols is 1. The van der Waals surface area contributed by atoms with Crippen LogP contribution in [-0.2, 0) is 4.18 Å². The van der Waals surface area contributed by atoms with Crippen LogP contribution in [-0.4, -0.2) is 43.4 Å². The van der Waals surface area contributed by atoms with Gasteiger partial charge in [-0.25, -0.2) is 0 Å². The van der Waals surface area contributed by atoms with Crippen LogP contribution < -0.4 is 9.47 Å². The van der Waals surface area contributed by atoms with Gasteiger partial charge in [-0.2, -0.15) is 0 Å². The molecule has 4 aromatic rings. The lowest BCUT2D eigenvalue weighted by Gasteiger charge is -2.25. The van der Waals surface area contributed by atoms with Gasteiger partial charge in [0.25, 0.3) is 0 Å². The predicted octanol–water partition coefficient (Wildman–Crippen LogP) is 7.58. The Morgan fingerprint density at radius 2 is 1.74 bits per heavy atom. The molecule has 2 heterocycles. The van der Waals surface area contributed by atoms with Crippen molar-refractivity contribution >= 4 is 33.5 Å². The van der Waals surface area contributed by atoms with E-state index in [4.69, 9.17) is 13.7 Å². The fourth-order valence-electron chi connectivity index (χ4n) is 4.25. The Morgan fingerprint density at radius 1 is 0.943 bits per heavy atom. The van der Waals surface area contributed by atoms with Crippen LogP contribution in [0, 0.1) is 0 Å². The number of nitrogens with zero attached hydrogens (tertiary/aromatic N) is 1. The largest absolute Gasteiger partial charge is 0.507 e. The van der Waals surface area contributed by atoms with Gasteiger partial charge in [0.05, 0.1) is 13.7 Å². The van der Waals surface area contributed by atoms with Gasteiger partial charge in [-0.3, -0.25) is 0 Å². The van der Waals surface area contributed by atoms with Crippen molar-refractivity contribution in [3.63, 3.8) is 0 Å². The average molecular weight is 508 g/mol. The standard InChI is InChI=1S/C28H29NO4S2/c1-31-25-19-24(30)23(28-17-20-7-3-4-8-27(20)34-28)18-26(25)33-21-9-11-22(12-10-21)35-32-16-15-29-13-5-2-6-14-29/h3-4,7-12,17-19,30H,2,5-6,13-16H2,1H3. The van der Waals surface area contributed by atoms with Crippen LogP contribution in [0.2, 0.25) is 0 Å². The Labute approximate surface area is 214 Å². The van der Waals surface area contributed by atoms with Gasteiger partial charge >= 0.3 is 0 Å². The molecule has 0 aliphatic carbocycles. The normalized spacial score (nSPS) is 14.3. The number of benzene rings is 3. The fourth-order valence-corrected chi connectivity index (χ4v) is 5.88. The van der Waals surface area contributed by atoms with Gasteiger partial charge in [0.2, 0.25) is 0 Å². The van der Waals surface area contributed by atoms with Gasteiger partial charge < -0.3 is 23.7 Å². The molecule has 0 atom stereocenters. The van der Waals surface area contributed by atoms with Crippen molar-refractivity contribution in [1.29, 1.82) is 0 Å². The van der Waals surface area contributed by atoms with E-state index in [0.29, 0.717) is 23.9 Å². The molecule has 7 heteroatoms. The molecular formula is C28H29NO4S2. The number of hydrogen-bond donors (Lipinski definition) is 1. The highest BCUT2D eigenvalue weighted by Gasteiger charge is 2.16. The molecule has 1 N–H and O–H groups in total. The number of aromatic hydroxyl groups is 1. The maximum atomic E-state index is 10.7. The van der Waals surface area contributed by atoms with Gasteiger partial charge in [-0.1, -0.05) is 24.6 Å². The summed E-state index contributed by atoms with van der Waals surface area (Å²) >= 11 is 3.03. The summed E-state index contributed by atoms with van der Waals surface area (Å²) in [6.45, 7) is 4.07. The van der Waals surface area contributed by atoms with Crippen LogP contribution >= 0.6 is 23.4 Å². The van der Waals surface area contributed by atoms with Gasteiger partial charge in [-0.05, 0) is 73.8 Å². The molecule has 1 aliphatic heterocycles. The summed E-state index contributed by atoms with van der Waals surface area (Å²) in [7, 11) is 1.57. The fraction of sp³-hybridized carbons (Fsp3) is 0.286. The number of rotatable bonds is 9. The molecule has 35 heavy (non-hydrogen) atoms. The topological polar surface area (TPSA) is 51.2 Å². The van der Waals surface area contributed by atoms with Gasteiger partial charge in [0.1, 0.15) is 11.5 Å². The quantitative estimate of drug-likeness (QED) is 0.186. The summed E-state index contributed by atoms with van der Waals surface area (Å²) in [5.41, 5.74) is 0.719. The molecule has 1 aromatic heterocycles. The van der Waals surface area contributed by atoms with Gasteiger partial charge in [0, 0.05) is 44.7 Å². The molecule has 1 fully saturated rings. The van der Waals surface area contributed by atoms with Crippen LogP contribution in [0.5, 0.6) is 23.0 Å². The van der Waals surface area contributed by atoms with Crippen LogP contribution in [0.25, 0.3) is 20.5 Å². The Kier molecular flexibility index (Phi) is 7.79. The van der Waals surface area contributed by atoms with E-state index in [-0.39, 0.29) is 5.75 Å². The Morgan fingerprint density at radius 3 is 2.51 bits per heavy atom. The summed E-state index contributed by atoms with van der Waals surface area (Å²) in [4.78, 5) is 4.48. The lowest BCUT2D eigenvalue weighted by atomic mass is 10.1. The molecule has 0 unspecified atom stereocenters. The van der Waals surface area contributed by atoms with Crippen LogP contribution in [0.15, 0.2) is 71.6 Å². The Balaban J connectivity index is 1.25. The summed E-state index contributed by atoms with van der Waals surface area (Å²) in [5, 5.41) is 11.8. The van der Waals surface area contributed by atoms with E-state index in [9.17, 15) is 5.11 Å². The van der Waals surface area contributed by atoms with Crippen molar-refractivity contribution in [2.24, 2.45) is 0 Å². The maximum Gasteiger partial charge on any atom is 0.170 e. The van der Waals surface area contributed by atoms with Crippen LogP contribution in [0.1, 0.15) is 19.3 Å². The van der Waals surface area contributed by atoms with Gasteiger partial charge in [0.15, 0.2) is 11.5 Å². The predicted molar refractivity (Wildman–Crippen MR) is 144 cm³/mol. The molecule has 5 rings (SSSR count). The molecule has 1 saturated heterocycles. The number of phenolic OH excluding ortho intramolecular Hbond substituents is 1. The minimum atomic E-state index is 0.161. The van der Waals surface area contributed by atoms with Crippen molar-refractivity contribution < 1.29 is 18.8 Å². The van der Waals surface area contributed by atoms with Gasteiger partial charge in [-0.15, -0.1) is 11.3 Å². The third-order valence-corrected chi connectivity index (χ3v) is 8.02. The zero-order valence-corrected chi connectivity index (χ0v) is 21.4. The zero-order valence-electron chi connectivity index (χ0n) is 19.7. The van der Waals surface area contributed by atoms with E-state index >= 15 is 0 Å². The Hall–Kier alpha value is -2.71. The second-order valence-corrected chi connectivity index (χ2v) is 10.5. The summed E-state index contributed by atoms with van der Waals surface area (Å²) in [6.07, 6.45) is 3.95. The highest BCUT2D eigenvalue weighted by atomic mass is 32.2. The summed E-state index contributed by atoms with van der Waals surface area (Å²) in [6, 6.07) is 21.5. The van der Waals surface area contributed by atoms with E-state index in [1.807, 2.05) is 42.5 Å². The first-order valence-electron chi connectivity index (χ1n) is 11.9. The molecule has 0 saturated carbocycles. The van der Waals surface area contributed by atoms with E-state index in [1.165, 1.54) is 49.1 Å². The molecule has 182 valence electrons. The number of ether oxygens (including phenoxy) is 2. The minimum absolute atomic E-state index is 0.161. The van der Waals surface area contributed by atoms with Crippen molar-refractivity contribution in [1.82, 2.24) is 4.90 Å². The average Bonchev–Trinajstić information content (AvgIpc) is 3.33. The molecule has 0 bridgehead atoms. The number of likely N-dealkylation sites (tertiary alicyclic amines) is 1. The third-order valence-electron chi connectivity index (χ3n) is 6.12. The van der Waals surface area contributed by atoms with Crippen molar-refractivity contribution in [2.75, 3.05) is 33.4 Å². The zero-order chi connectivity index (χ0) is 24.0. The van der Waals surface area contributed by atoms with Crippen LogP contribution in [0.3, 0.4) is 0 Å². The first kappa shape index (κ1) is 24.0. The van der Waals surface area contributed by atoms with Crippen molar-refractivity contribution in [3.8, 4) is 33.4 Å². The second-order valence-electron chi connectivity index (χ2n) is 8.55. The van der Waals surface area contributed by atoms with Crippen molar-refractivity contribution in [3.05, 3.63) is 66.7 Å². The molecular weight excluding hydrogens is 478 g/mol. The first-order chi connectivity index (χ1) is 17.2. The number of methoxy groups -OCH3 is 1. The van der Waals surface area contributed by atoms with E-state index in [0.717, 1.165) is 27.3 Å². The number of thiophene rings is 1. The maximum absolute atomic E-state index is 10.7. The summed E-state index contributed by atoms with van der Waals surface area (Å²) in [5.74, 6) is 1.88. The molecule has 3 aromatic carbocycles. The monoisotopic (exact) mass is 507 g/mol. The van der Waals surface area contributed by atoms with E-state index < -0.39 is 0 Å². The van der Waals surface area contributed by atoms with E-state index in [2.05, 4.69) is 23.1 Å². The third kappa shape index (κ3) is 5.93. The first-order valence-corrected chi connectivity index (χ1v) is 13.4. The van der Waals surface area contributed by atoms with Crippen LogP contribution in [0.4, 0.5) is 0 Å². The molecule has 0 spiro atoms. The lowest BCUT2D eigenvalue weighted by Crippen LogP contribution is -2.32. The smallest absolute Gasteiger partial charge is 0.170 e.